The van der Waals surface area contributed by atoms with E-state index in [9.17, 15) is 4.79 Å². The molecule has 3 atom stereocenters. The van der Waals surface area contributed by atoms with E-state index in [0.29, 0.717) is 12.0 Å². The van der Waals surface area contributed by atoms with Crippen molar-refractivity contribution in [1.82, 2.24) is 4.90 Å². The summed E-state index contributed by atoms with van der Waals surface area (Å²) in [5.41, 5.74) is 2.76. The highest BCUT2D eigenvalue weighted by atomic mass is 16.5. The number of aryl methyl sites for hydroxylation is 1. The number of piperidine rings is 1. The first kappa shape index (κ1) is 21.9. The molecular formula is C25H37NO3. The van der Waals surface area contributed by atoms with E-state index >= 15 is 0 Å². The molecule has 1 aliphatic heterocycles. The predicted octanol–water partition coefficient (Wildman–Crippen LogP) is 4.76. The Morgan fingerprint density at radius 3 is 2.66 bits per heavy atom. The van der Waals surface area contributed by atoms with E-state index < -0.39 is 0 Å². The van der Waals surface area contributed by atoms with Gasteiger partial charge in [0.2, 0.25) is 0 Å². The fourth-order valence-corrected chi connectivity index (χ4v) is 5.11. The second kappa shape index (κ2) is 9.34. The Balaban J connectivity index is 1.98. The maximum Gasteiger partial charge on any atom is 0.330 e. The molecule has 4 heteroatoms. The molecule has 0 radical (unpaired) electrons. The summed E-state index contributed by atoms with van der Waals surface area (Å²) in [5, 5.41) is 0. The fraction of sp³-hybridized carbons (Fsp3) is 0.640. The summed E-state index contributed by atoms with van der Waals surface area (Å²) >= 11 is 0. The van der Waals surface area contributed by atoms with E-state index in [1.807, 2.05) is 6.08 Å². The van der Waals surface area contributed by atoms with Crippen LogP contribution in [0.25, 0.3) is 0 Å². The molecule has 29 heavy (non-hydrogen) atoms. The van der Waals surface area contributed by atoms with Crippen LogP contribution in [-0.2, 0) is 21.4 Å². The maximum atomic E-state index is 11.7. The molecule has 1 saturated heterocycles. The normalized spacial score (nSPS) is 27.9. The van der Waals surface area contributed by atoms with Crippen molar-refractivity contribution in [3.8, 4) is 5.75 Å². The van der Waals surface area contributed by atoms with Crippen LogP contribution < -0.4 is 4.74 Å². The third kappa shape index (κ3) is 4.69. The Labute approximate surface area is 176 Å². The number of nitrogens with zero attached hydrogens (tertiary/aromatic N) is 1. The topological polar surface area (TPSA) is 38.8 Å². The van der Waals surface area contributed by atoms with E-state index in [4.69, 9.17) is 9.47 Å². The zero-order valence-corrected chi connectivity index (χ0v) is 18.7. The minimum absolute atomic E-state index is 0.0100. The number of rotatable bonds is 8. The highest BCUT2D eigenvalue weighted by Crippen LogP contribution is 2.48. The van der Waals surface area contributed by atoms with Gasteiger partial charge in [0, 0.05) is 24.1 Å². The number of carbonyl (C=O) groups excluding carboxylic acids is 1. The number of carbonyl (C=O) groups is 1. The Bertz CT molecular complexity index is 740. The number of hydrogen-bond donors (Lipinski definition) is 0. The van der Waals surface area contributed by atoms with Crippen molar-refractivity contribution >= 4 is 5.97 Å². The molecule has 0 amide bonds. The standard InChI is InChI=1S/C25H37NO3/c1-6-21-11-12-22(28-4)16-23(21)25(13-7-8-24(27)29-5)14-15-26(17-20-9-10-20)19(3)18(25)2/h7-8,11-12,16,18-20H,6,9-10,13-15,17H2,1-5H3/b8-7+/t18-,19?,25-/m0/s1. The van der Waals surface area contributed by atoms with Crippen LogP contribution in [0.5, 0.6) is 5.75 Å². The van der Waals surface area contributed by atoms with Gasteiger partial charge in [0.1, 0.15) is 5.75 Å². The van der Waals surface area contributed by atoms with Gasteiger partial charge in [-0.05, 0) is 80.7 Å². The monoisotopic (exact) mass is 399 g/mol. The number of likely N-dealkylation sites (tertiary alicyclic amines) is 1. The zero-order valence-electron chi connectivity index (χ0n) is 18.7. The number of benzene rings is 1. The van der Waals surface area contributed by atoms with Gasteiger partial charge < -0.3 is 14.4 Å². The minimum Gasteiger partial charge on any atom is -0.497 e. The van der Waals surface area contributed by atoms with Crippen molar-refractivity contribution in [2.75, 3.05) is 27.3 Å². The van der Waals surface area contributed by atoms with Crippen LogP contribution in [0.3, 0.4) is 0 Å². The van der Waals surface area contributed by atoms with Crippen LogP contribution >= 0.6 is 0 Å². The van der Waals surface area contributed by atoms with Gasteiger partial charge in [-0.2, -0.15) is 0 Å². The van der Waals surface area contributed by atoms with E-state index in [2.05, 4.69) is 43.9 Å². The van der Waals surface area contributed by atoms with E-state index in [1.54, 1.807) is 13.2 Å². The number of ether oxygens (including phenoxy) is 2. The number of esters is 1. The van der Waals surface area contributed by atoms with Crippen molar-refractivity contribution in [2.45, 2.75) is 64.3 Å². The van der Waals surface area contributed by atoms with Gasteiger partial charge in [-0.25, -0.2) is 4.79 Å². The third-order valence-corrected chi connectivity index (χ3v) is 7.38. The highest BCUT2D eigenvalue weighted by Gasteiger charge is 2.46. The summed E-state index contributed by atoms with van der Waals surface area (Å²) in [7, 11) is 3.17. The van der Waals surface area contributed by atoms with Gasteiger partial charge in [0.05, 0.1) is 14.2 Å². The summed E-state index contributed by atoms with van der Waals surface area (Å²) in [6.45, 7) is 9.35. The number of allylic oxidation sites excluding steroid dienone is 1. The average molecular weight is 400 g/mol. The summed E-state index contributed by atoms with van der Waals surface area (Å²) in [6, 6.07) is 7.03. The molecule has 0 bridgehead atoms. The van der Waals surface area contributed by atoms with Gasteiger partial charge >= 0.3 is 5.97 Å². The molecule has 1 unspecified atom stereocenters. The molecule has 2 fully saturated rings. The third-order valence-electron chi connectivity index (χ3n) is 7.38. The van der Waals surface area contributed by atoms with Gasteiger partial charge in [-0.1, -0.05) is 26.0 Å². The molecule has 0 spiro atoms. The lowest BCUT2D eigenvalue weighted by Crippen LogP contribution is -2.54. The molecule has 3 rings (SSSR count). The zero-order chi connectivity index (χ0) is 21.0. The van der Waals surface area contributed by atoms with E-state index in [0.717, 1.165) is 37.5 Å². The molecular weight excluding hydrogens is 362 g/mol. The van der Waals surface area contributed by atoms with Crippen molar-refractivity contribution in [3.63, 3.8) is 0 Å². The highest BCUT2D eigenvalue weighted by molar-refractivity contribution is 5.81. The second-order valence-corrected chi connectivity index (χ2v) is 8.88. The number of methoxy groups -OCH3 is 2. The fourth-order valence-electron chi connectivity index (χ4n) is 5.11. The quantitative estimate of drug-likeness (QED) is 0.467. The van der Waals surface area contributed by atoms with Crippen LogP contribution in [-0.4, -0.2) is 44.2 Å². The van der Waals surface area contributed by atoms with Gasteiger partial charge in [0.15, 0.2) is 0 Å². The van der Waals surface area contributed by atoms with E-state index in [1.165, 1.54) is 37.6 Å². The largest absolute Gasteiger partial charge is 0.497 e. The van der Waals surface area contributed by atoms with Crippen molar-refractivity contribution in [3.05, 3.63) is 41.5 Å². The predicted molar refractivity (Wildman–Crippen MR) is 117 cm³/mol. The average Bonchev–Trinajstić information content (AvgIpc) is 3.56. The molecule has 0 aromatic heterocycles. The lowest BCUT2D eigenvalue weighted by Gasteiger charge is -2.52. The van der Waals surface area contributed by atoms with Crippen LogP contribution in [0.4, 0.5) is 0 Å². The van der Waals surface area contributed by atoms with Crippen molar-refractivity contribution in [2.24, 2.45) is 11.8 Å². The summed E-state index contributed by atoms with van der Waals surface area (Å²) in [4.78, 5) is 14.4. The molecule has 1 aromatic rings. The molecule has 0 N–H and O–H groups in total. The molecule has 1 heterocycles. The Hall–Kier alpha value is -1.81. The SMILES string of the molecule is CCc1ccc(OC)cc1[C@@]1(C/C=C/C(=O)OC)CCN(CC2CC2)C(C)[C@@H]1C. The van der Waals surface area contributed by atoms with Crippen molar-refractivity contribution in [1.29, 1.82) is 0 Å². The smallest absolute Gasteiger partial charge is 0.330 e. The molecule has 1 aliphatic carbocycles. The second-order valence-electron chi connectivity index (χ2n) is 8.88. The van der Waals surface area contributed by atoms with Crippen LogP contribution in [0.2, 0.25) is 0 Å². The lowest BCUT2D eigenvalue weighted by molar-refractivity contribution is -0.134. The van der Waals surface area contributed by atoms with Gasteiger partial charge in [-0.15, -0.1) is 0 Å². The summed E-state index contributed by atoms with van der Waals surface area (Å²) in [6.07, 6.45) is 9.31. The first-order valence-corrected chi connectivity index (χ1v) is 11.1. The van der Waals surface area contributed by atoms with Crippen LogP contribution in [0.1, 0.15) is 57.6 Å². The van der Waals surface area contributed by atoms with Gasteiger partial charge in [-0.3, -0.25) is 0 Å². The Morgan fingerprint density at radius 2 is 2.03 bits per heavy atom. The van der Waals surface area contributed by atoms with Gasteiger partial charge in [0.25, 0.3) is 0 Å². The summed E-state index contributed by atoms with van der Waals surface area (Å²) in [5.74, 6) is 2.00. The molecule has 1 saturated carbocycles. The van der Waals surface area contributed by atoms with Crippen LogP contribution in [0.15, 0.2) is 30.4 Å². The molecule has 2 aliphatic rings. The molecule has 160 valence electrons. The Kier molecular flexibility index (Phi) is 7.05. The Morgan fingerprint density at radius 1 is 1.28 bits per heavy atom. The van der Waals surface area contributed by atoms with Crippen LogP contribution in [0, 0.1) is 11.8 Å². The first-order chi connectivity index (χ1) is 13.9. The van der Waals surface area contributed by atoms with E-state index in [-0.39, 0.29) is 11.4 Å². The lowest BCUT2D eigenvalue weighted by atomic mass is 9.61. The molecule has 1 aromatic carbocycles. The molecule has 4 nitrogen and oxygen atoms in total. The first-order valence-electron chi connectivity index (χ1n) is 11.1. The minimum atomic E-state index is -0.284. The number of hydrogen-bond acceptors (Lipinski definition) is 4. The summed E-state index contributed by atoms with van der Waals surface area (Å²) < 4.78 is 10.4. The maximum absolute atomic E-state index is 11.7. The van der Waals surface area contributed by atoms with Crippen molar-refractivity contribution < 1.29 is 14.3 Å².